The summed E-state index contributed by atoms with van der Waals surface area (Å²) >= 11 is 8.33. The Labute approximate surface area is 244 Å². The molecule has 210 valence electrons. The molecule has 3 aromatic rings. The number of carboxylic acid groups (broad SMARTS) is 2. The number of piperazine rings is 1. The third-order valence-electron chi connectivity index (χ3n) is 7.03. The minimum absolute atomic E-state index is 0.378. The van der Waals surface area contributed by atoms with Crippen LogP contribution in [0.1, 0.15) is 22.7 Å². The summed E-state index contributed by atoms with van der Waals surface area (Å²) in [6.45, 7) is 5.50. The first kappa shape index (κ1) is 29.7. The van der Waals surface area contributed by atoms with Crippen LogP contribution in [0.4, 0.5) is 0 Å². The van der Waals surface area contributed by atoms with Gasteiger partial charge in [-0.1, -0.05) is 53.7 Å². The summed E-state index contributed by atoms with van der Waals surface area (Å²) in [6, 6.07) is 24.1. The molecular formula is C31H33ClN2O5S. The number of nitrogens with zero attached hydrogens (tertiary/aromatic N) is 2. The molecular weight excluding hydrogens is 548 g/mol. The number of carbonyl (C=O) groups is 2. The summed E-state index contributed by atoms with van der Waals surface area (Å²) in [5.74, 6) is -1.59. The summed E-state index contributed by atoms with van der Waals surface area (Å²) < 4.78 is 5.27. The number of fused-ring (bicyclic) bond motifs is 2. The third kappa shape index (κ3) is 8.35. The van der Waals surface area contributed by atoms with E-state index in [0.717, 1.165) is 56.3 Å². The average molecular weight is 581 g/mol. The molecule has 2 aliphatic heterocycles. The Hall–Kier alpha value is -3.30. The minimum atomic E-state index is -1.26. The molecule has 40 heavy (non-hydrogen) atoms. The molecule has 0 spiro atoms. The van der Waals surface area contributed by atoms with Crippen molar-refractivity contribution in [3.05, 3.63) is 101 Å². The number of methoxy groups -OCH3 is 1. The van der Waals surface area contributed by atoms with Crippen LogP contribution in [0.5, 0.6) is 5.75 Å². The zero-order valence-corrected chi connectivity index (χ0v) is 23.9. The normalized spacial score (nSPS) is 17.2. The van der Waals surface area contributed by atoms with Crippen molar-refractivity contribution < 1.29 is 24.5 Å². The predicted octanol–water partition coefficient (Wildman–Crippen LogP) is 5.67. The second-order valence-corrected chi connectivity index (χ2v) is 11.1. The van der Waals surface area contributed by atoms with Gasteiger partial charge in [0, 0.05) is 65.7 Å². The lowest BCUT2D eigenvalue weighted by molar-refractivity contribution is -0.134. The van der Waals surface area contributed by atoms with E-state index in [2.05, 4.69) is 70.5 Å². The van der Waals surface area contributed by atoms with Gasteiger partial charge in [-0.05, 0) is 65.9 Å². The molecule has 0 radical (unpaired) electrons. The second kappa shape index (κ2) is 14.4. The van der Waals surface area contributed by atoms with E-state index in [1.54, 1.807) is 7.11 Å². The van der Waals surface area contributed by atoms with Crippen LogP contribution in [0.25, 0.3) is 0 Å². The highest BCUT2D eigenvalue weighted by atomic mass is 35.5. The molecule has 1 atom stereocenters. The van der Waals surface area contributed by atoms with Gasteiger partial charge in [-0.15, -0.1) is 0 Å². The van der Waals surface area contributed by atoms with E-state index < -0.39 is 11.9 Å². The van der Waals surface area contributed by atoms with Crippen molar-refractivity contribution in [1.82, 2.24) is 9.80 Å². The lowest BCUT2D eigenvalue weighted by Crippen LogP contribution is -2.48. The molecule has 1 fully saturated rings. The van der Waals surface area contributed by atoms with Crippen LogP contribution in [0.3, 0.4) is 0 Å². The van der Waals surface area contributed by atoms with Crippen LogP contribution in [-0.4, -0.2) is 71.8 Å². The van der Waals surface area contributed by atoms with Crippen molar-refractivity contribution in [2.45, 2.75) is 28.7 Å². The molecule has 0 bridgehead atoms. The van der Waals surface area contributed by atoms with Gasteiger partial charge < -0.3 is 19.8 Å². The van der Waals surface area contributed by atoms with Gasteiger partial charge in [0.15, 0.2) is 0 Å². The van der Waals surface area contributed by atoms with Crippen LogP contribution in [0.2, 0.25) is 5.02 Å². The quantitative estimate of drug-likeness (QED) is 0.346. The van der Waals surface area contributed by atoms with E-state index in [-0.39, 0.29) is 0 Å². The number of ether oxygens (including phenoxy) is 1. The lowest BCUT2D eigenvalue weighted by atomic mass is 9.96. The van der Waals surface area contributed by atoms with E-state index in [4.69, 9.17) is 26.6 Å². The summed E-state index contributed by atoms with van der Waals surface area (Å²) in [7, 11) is 1.71. The first-order valence-corrected chi connectivity index (χ1v) is 14.3. The molecule has 5 rings (SSSR count). The number of hydrogen-bond acceptors (Lipinski definition) is 6. The first-order valence-electron chi connectivity index (χ1n) is 13.1. The molecule has 9 heteroatoms. The standard InChI is InChI=1S/C27H29ClN2OS.C4H4O4/c1-31-23-9-6-20(7-10-23)12-13-29-14-16-30(17-15-29)25-18-21-4-2-3-5-26(21)32-27-11-8-22(28)19-24(25)27;5-3(6)1-2-4(7)8/h2-11,19,25H,12-18H2,1H3;1-2H,(H,5,6)(H,7,8)/b;2-1+. The predicted molar refractivity (Wildman–Crippen MR) is 158 cm³/mol. The van der Waals surface area contributed by atoms with Gasteiger partial charge in [0.2, 0.25) is 0 Å². The maximum absolute atomic E-state index is 9.55. The number of aliphatic carboxylic acids is 2. The maximum atomic E-state index is 9.55. The molecule has 2 heterocycles. The largest absolute Gasteiger partial charge is 0.497 e. The number of hydrogen-bond donors (Lipinski definition) is 2. The Balaban J connectivity index is 0.000000406. The second-order valence-electron chi connectivity index (χ2n) is 9.60. The monoisotopic (exact) mass is 580 g/mol. The van der Waals surface area contributed by atoms with E-state index in [0.29, 0.717) is 18.2 Å². The van der Waals surface area contributed by atoms with Crippen LogP contribution in [-0.2, 0) is 22.4 Å². The van der Waals surface area contributed by atoms with E-state index >= 15 is 0 Å². The average Bonchev–Trinajstić information content (AvgIpc) is 3.12. The Kier molecular flexibility index (Phi) is 10.7. The van der Waals surface area contributed by atoms with Gasteiger partial charge in [-0.2, -0.15) is 0 Å². The molecule has 1 saturated heterocycles. The smallest absolute Gasteiger partial charge is 0.328 e. The van der Waals surface area contributed by atoms with Gasteiger partial charge in [-0.3, -0.25) is 4.90 Å². The van der Waals surface area contributed by atoms with Crippen molar-refractivity contribution in [2.24, 2.45) is 0 Å². The lowest BCUT2D eigenvalue weighted by Gasteiger charge is -2.39. The van der Waals surface area contributed by atoms with Gasteiger partial charge in [-0.25, -0.2) is 9.59 Å². The Bertz CT molecular complexity index is 1320. The summed E-state index contributed by atoms with van der Waals surface area (Å²) in [5, 5.41) is 16.5. The Morgan fingerprint density at radius 2 is 1.62 bits per heavy atom. The SMILES string of the molecule is COc1ccc(CCN2CCN(C3Cc4ccccc4Sc4ccc(Cl)cc43)CC2)cc1.O=C(O)/C=C/C(=O)O. The van der Waals surface area contributed by atoms with Crippen molar-refractivity contribution in [3.63, 3.8) is 0 Å². The number of carboxylic acids is 2. The molecule has 2 aliphatic rings. The van der Waals surface area contributed by atoms with Crippen molar-refractivity contribution in [1.29, 1.82) is 0 Å². The zero-order valence-electron chi connectivity index (χ0n) is 22.3. The van der Waals surface area contributed by atoms with Crippen molar-refractivity contribution in [3.8, 4) is 5.75 Å². The van der Waals surface area contributed by atoms with Crippen molar-refractivity contribution >= 4 is 35.3 Å². The van der Waals surface area contributed by atoms with E-state index in [1.807, 2.05) is 17.8 Å². The number of rotatable bonds is 7. The molecule has 7 nitrogen and oxygen atoms in total. The topological polar surface area (TPSA) is 90.3 Å². The summed E-state index contributed by atoms with van der Waals surface area (Å²) in [5.41, 5.74) is 4.19. The molecule has 0 aromatic heterocycles. The van der Waals surface area contributed by atoms with Crippen molar-refractivity contribution in [2.75, 3.05) is 39.8 Å². The first-order chi connectivity index (χ1) is 19.3. The summed E-state index contributed by atoms with van der Waals surface area (Å²) in [6.07, 6.45) is 3.24. The maximum Gasteiger partial charge on any atom is 0.328 e. The fourth-order valence-corrected chi connectivity index (χ4v) is 6.22. The molecule has 1 unspecified atom stereocenters. The molecule has 0 aliphatic carbocycles. The van der Waals surface area contributed by atoms with Crippen LogP contribution in [0, 0.1) is 0 Å². The third-order valence-corrected chi connectivity index (χ3v) is 8.47. The number of benzene rings is 3. The van der Waals surface area contributed by atoms with Gasteiger partial charge in [0.1, 0.15) is 5.75 Å². The highest BCUT2D eigenvalue weighted by molar-refractivity contribution is 7.99. The summed E-state index contributed by atoms with van der Waals surface area (Å²) in [4.78, 5) is 27.1. The Morgan fingerprint density at radius 3 is 2.27 bits per heavy atom. The fourth-order valence-electron chi connectivity index (χ4n) is 4.93. The van der Waals surface area contributed by atoms with Gasteiger partial charge in [0.25, 0.3) is 0 Å². The van der Waals surface area contributed by atoms with Gasteiger partial charge >= 0.3 is 11.9 Å². The highest BCUT2D eigenvalue weighted by Gasteiger charge is 2.30. The number of halogens is 1. The van der Waals surface area contributed by atoms with E-state index in [9.17, 15) is 9.59 Å². The molecule has 3 aromatic carbocycles. The van der Waals surface area contributed by atoms with Crippen LogP contribution >= 0.6 is 23.4 Å². The molecule has 0 amide bonds. The van der Waals surface area contributed by atoms with E-state index in [1.165, 1.54) is 26.5 Å². The fraction of sp³-hybridized carbons (Fsp3) is 0.290. The van der Waals surface area contributed by atoms with Gasteiger partial charge in [0.05, 0.1) is 7.11 Å². The Morgan fingerprint density at radius 1 is 0.950 bits per heavy atom. The van der Waals surface area contributed by atoms with Crippen LogP contribution in [0.15, 0.2) is 88.7 Å². The molecule has 0 saturated carbocycles. The highest BCUT2D eigenvalue weighted by Crippen LogP contribution is 2.43. The molecule has 2 N–H and O–H groups in total. The van der Waals surface area contributed by atoms with Crippen LogP contribution < -0.4 is 4.74 Å². The minimum Gasteiger partial charge on any atom is -0.497 e. The zero-order chi connectivity index (χ0) is 28.5.